The van der Waals surface area contributed by atoms with Gasteiger partial charge < -0.3 is 15.1 Å². The molecule has 0 aromatic rings. The number of hydrogen-bond acceptors (Lipinski definition) is 3. The molecule has 140 valence electrons. The Bertz CT molecular complexity index is 407. The van der Waals surface area contributed by atoms with Crippen molar-refractivity contribution >= 4 is 5.96 Å². The van der Waals surface area contributed by atoms with Gasteiger partial charge in [-0.05, 0) is 45.7 Å². The first-order valence-electron chi connectivity index (χ1n) is 9.89. The first-order valence-corrected chi connectivity index (χ1v) is 9.89. The molecule has 1 N–H and O–H groups in total. The maximum atomic E-state index is 5.03. The fourth-order valence-electron chi connectivity index (χ4n) is 4.22. The number of piperazine rings is 1. The number of piperidine rings is 1. The van der Waals surface area contributed by atoms with Crippen LogP contribution in [-0.2, 0) is 0 Å². The normalized spacial score (nSPS) is 30.6. The lowest BCUT2D eigenvalue weighted by Gasteiger charge is -2.42. The summed E-state index contributed by atoms with van der Waals surface area (Å²) in [6.07, 6.45) is 5.23. The first-order chi connectivity index (χ1) is 11.5. The third kappa shape index (κ3) is 5.35. The molecule has 2 heterocycles. The summed E-state index contributed by atoms with van der Waals surface area (Å²) in [6.45, 7) is 14.5. The van der Waals surface area contributed by atoms with Crippen molar-refractivity contribution in [2.75, 3.05) is 59.9 Å². The van der Waals surface area contributed by atoms with E-state index < -0.39 is 0 Å². The quantitative estimate of drug-likeness (QED) is 0.615. The zero-order valence-electron chi connectivity index (χ0n) is 16.6. The van der Waals surface area contributed by atoms with E-state index in [1.54, 1.807) is 0 Å². The molecule has 2 atom stereocenters. The summed E-state index contributed by atoms with van der Waals surface area (Å²) in [5.41, 5.74) is 0.449. The summed E-state index contributed by atoms with van der Waals surface area (Å²) < 4.78 is 0. The van der Waals surface area contributed by atoms with Crippen LogP contribution >= 0.6 is 0 Å². The van der Waals surface area contributed by atoms with Crippen LogP contribution in [0.4, 0.5) is 0 Å². The molecule has 0 bridgehead atoms. The van der Waals surface area contributed by atoms with E-state index in [9.17, 15) is 0 Å². The van der Waals surface area contributed by atoms with Crippen molar-refractivity contribution in [3.63, 3.8) is 0 Å². The number of aliphatic imine (C=N–C) groups is 1. The maximum Gasteiger partial charge on any atom is 0.193 e. The Labute approximate surface area is 149 Å². The van der Waals surface area contributed by atoms with E-state index in [1.807, 2.05) is 0 Å². The highest BCUT2D eigenvalue weighted by atomic mass is 15.3. The van der Waals surface area contributed by atoms with Gasteiger partial charge in [-0.2, -0.15) is 0 Å². The molecule has 0 spiro atoms. The molecular formula is C19H39N5. The van der Waals surface area contributed by atoms with Crippen LogP contribution < -0.4 is 5.32 Å². The molecule has 0 aromatic carbocycles. The molecule has 5 heteroatoms. The number of nitrogens with zero attached hydrogens (tertiary/aromatic N) is 4. The summed E-state index contributed by atoms with van der Waals surface area (Å²) in [5.74, 6) is 1.13. The number of rotatable bonds is 5. The molecule has 2 aliphatic heterocycles. The van der Waals surface area contributed by atoms with Gasteiger partial charge in [0.25, 0.3) is 0 Å². The second-order valence-electron chi connectivity index (χ2n) is 8.18. The Morgan fingerprint density at radius 2 is 2.00 bits per heavy atom. The summed E-state index contributed by atoms with van der Waals surface area (Å²) in [6, 6.07) is 0.532. The summed E-state index contributed by atoms with van der Waals surface area (Å²) in [4.78, 5) is 12.4. The van der Waals surface area contributed by atoms with Gasteiger partial charge in [-0.3, -0.25) is 9.89 Å². The first kappa shape index (κ1) is 19.5. The standard InChI is InChI=1S/C19H39N5/c1-6-9-19(3)10-8-11-24(16-19)18(20-7-2)21-14-17-15-22(4)12-13-23(17)5/h17H,6-16H2,1-5H3,(H,20,21). The Morgan fingerprint density at radius 3 is 2.71 bits per heavy atom. The third-order valence-corrected chi connectivity index (χ3v) is 5.70. The highest BCUT2D eigenvalue weighted by molar-refractivity contribution is 5.80. The number of nitrogens with one attached hydrogen (secondary N) is 1. The number of likely N-dealkylation sites (tertiary alicyclic amines) is 1. The lowest BCUT2D eigenvalue weighted by molar-refractivity contribution is 0.118. The van der Waals surface area contributed by atoms with E-state index >= 15 is 0 Å². The Kier molecular flexibility index (Phi) is 7.35. The van der Waals surface area contributed by atoms with Gasteiger partial charge in [0.05, 0.1) is 6.54 Å². The van der Waals surface area contributed by atoms with E-state index in [0.29, 0.717) is 11.5 Å². The Balaban J connectivity index is 2.01. The van der Waals surface area contributed by atoms with Crippen LogP contribution in [-0.4, -0.2) is 86.6 Å². The molecule has 0 radical (unpaired) electrons. The van der Waals surface area contributed by atoms with Gasteiger partial charge in [0, 0.05) is 45.3 Å². The molecule has 2 aliphatic rings. The molecule has 2 saturated heterocycles. The van der Waals surface area contributed by atoms with E-state index in [-0.39, 0.29) is 0 Å². The van der Waals surface area contributed by atoms with Crippen molar-refractivity contribution in [2.45, 2.75) is 52.5 Å². The largest absolute Gasteiger partial charge is 0.357 e. The highest BCUT2D eigenvalue weighted by Gasteiger charge is 2.31. The molecular weight excluding hydrogens is 298 g/mol. The second kappa shape index (κ2) is 9.04. The van der Waals surface area contributed by atoms with Crippen LogP contribution in [0.15, 0.2) is 4.99 Å². The number of likely N-dealkylation sites (N-methyl/N-ethyl adjacent to an activating group) is 2. The van der Waals surface area contributed by atoms with E-state index in [2.05, 4.69) is 54.9 Å². The topological polar surface area (TPSA) is 34.1 Å². The van der Waals surface area contributed by atoms with Crippen molar-refractivity contribution in [3.05, 3.63) is 0 Å². The molecule has 0 saturated carbocycles. The molecule has 2 fully saturated rings. The Morgan fingerprint density at radius 1 is 1.21 bits per heavy atom. The summed E-state index contributed by atoms with van der Waals surface area (Å²) in [5, 5.41) is 3.54. The van der Waals surface area contributed by atoms with Crippen molar-refractivity contribution < 1.29 is 0 Å². The zero-order valence-corrected chi connectivity index (χ0v) is 16.6. The molecule has 0 aromatic heterocycles. The maximum absolute atomic E-state index is 5.03. The van der Waals surface area contributed by atoms with Crippen LogP contribution in [0.1, 0.15) is 46.5 Å². The SMILES string of the molecule is CCCC1(C)CCCN(C(=NCC2CN(C)CCN2C)NCC)C1. The monoisotopic (exact) mass is 337 g/mol. The fourth-order valence-corrected chi connectivity index (χ4v) is 4.22. The Hall–Kier alpha value is -0.810. The predicted octanol–water partition coefficient (Wildman–Crippen LogP) is 2.10. The lowest BCUT2D eigenvalue weighted by Crippen LogP contribution is -2.53. The van der Waals surface area contributed by atoms with Gasteiger partial charge in [-0.15, -0.1) is 0 Å². The molecule has 0 amide bonds. The molecule has 24 heavy (non-hydrogen) atoms. The zero-order chi connectivity index (χ0) is 17.6. The van der Waals surface area contributed by atoms with Gasteiger partial charge in [0.15, 0.2) is 5.96 Å². The highest BCUT2D eigenvalue weighted by Crippen LogP contribution is 2.33. The number of hydrogen-bond donors (Lipinski definition) is 1. The van der Waals surface area contributed by atoms with Crippen LogP contribution in [0.25, 0.3) is 0 Å². The van der Waals surface area contributed by atoms with E-state index in [4.69, 9.17) is 4.99 Å². The number of guanidine groups is 1. The predicted molar refractivity (Wildman–Crippen MR) is 104 cm³/mol. The van der Waals surface area contributed by atoms with Gasteiger partial charge in [0.2, 0.25) is 0 Å². The minimum absolute atomic E-state index is 0.449. The molecule has 2 unspecified atom stereocenters. The van der Waals surface area contributed by atoms with Crippen LogP contribution in [0.3, 0.4) is 0 Å². The average Bonchev–Trinajstić information content (AvgIpc) is 2.54. The fraction of sp³-hybridized carbons (Fsp3) is 0.947. The van der Waals surface area contributed by atoms with Gasteiger partial charge in [0.1, 0.15) is 0 Å². The van der Waals surface area contributed by atoms with Crippen molar-refractivity contribution in [2.24, 2.45) is 10.4 Å². The van der Waals surface area contributed by atoms with Crippen LogP contribution in [0, 0.1) is 5.41 Å². The second-order valence-corrected chi connectivity index (χ2v) is 8.18. The summed E-state index contributed by atoms with van der Waals surface area (Å²) in [7, 11) is 4.45. The van der Waals surface area contributed by atoms with Crippen molar-refractivity contribution in [1.29, 1.82) is 0 Å². The average molecular weight is 338 g/mol. The van der Waals surface area contributed by atoms with E-state index in [0.717, 1.165) is 51.8 Å². The van der Waals surface area contributed by atoms with Crippen molar-refractivity contribution in [1.82, 2.24) is 20.0 Å². The van der Waals surface area contributed by atoms with Gasteiger partial charge in [-0.1, -0.05) is 20.3 Å². The minimum Gasteiger partial charge on any atom is -0.357 e. The van der Waals surface area contributed by atoms with Gasteiger partial charge >= 0.3 is 0 Å². The molecule has 5 nitrogen and oxygen atoms in total. The van der Waals surface area contributed by atoms with Crippen molar-refractivity contribution in [3.8, 4) is 0 Å². The van der Waals surface area contributed by atoms with Crippen LogP contribution in [0.2, 0.25) is 0 Å². The summed E-state index contributed by atoms with van der Waals surface area (Å²) >= 11 is 0. The van der Waals surface area contributed by atoms with Crippen LogP contribution in [0.5, 0.6) is 0 Å². The van der Waals surface area contributed by atoms with E-state index in [1.165, 1.54) is 25.7 Å². The minimum atomic E-state index is 0.449. The smallest absolute Gasteiger partial charge is 0.193 e. The molecule has 2 rings (SSSR count). The molecule has 0 aliphatic carbocycles. The van der Waals surface area contributed by atoms with Gasteiger partial charge in [-0.25, -0.2) is 0 Å². The third-order valence-electron chi connectivity index (χ3n) is 5.70. The lowest BCUT2D eigenvalue weighted by atomic mass is 9.78.